The van der Waals surface area contributed by atoms with Gasteiger partial charge < -0.3 is 15.1 Å². The molecule has 1 atom stereocenters. The smallest absolute Gasteiger partial charge is 0.117 e. The standard InChI is InChI=1S/C10H16N2OS/c1-2-10(13-4-1)7-11-6-9-8-14-5-3-12-9/h1-2,4,9,11-12H,3,5-8H2. The quantitative estimate of drug-likeness (QED) is 0.783. The average Bonchev–Trinajstić information content (AvgIpc) is 2.72. The minimum absolute atomic E-state index is 0.615. The summed E-state index contributed by atoms with van der Waals surface area (Å²) in [6, 6.07) is 4.53. The van der Waals surface area contributed by atoms with Gasteiger partial charge in [-0.15, -0.1) is 0 Å². The molecule has 1 aromatic rings. The van der Waals surface area contributed by atoms with Crippen molar-refractivity contribution >= 4 is 11.8 Å². The molecule has 0 radical (unpaired) electrons. The lowest BCUT2D eigenvalue weighted by molar-refractivity contribution is 0.458. The van der Waals surface area contributed by atoms with E-state index in [4.69, 9.17) is 4.42 Å². The van der Waals surface area contributed by atoms with Crippen LogP contribution >= 0.6 is 11.8 Å². The summed E-state index contributed by atoms with van der Waals surface area (Å²) in [7, 11) is 0. The van der Waals surface area contributed by atoms with Crippen LogP contribution in [0.5, 0.6) is 0 Å². The van der Waals surface area contributed by atoms with E-state index in [-0.39, 0.29) is 0 Å². The highest BCUT2D eigenvalue weighted by molar-refractivity contribution is 7.99. The molecule has 0 saturated carbocycles. The van der Waals surface area contributed by atoms with Crippen molar-refractivity contribution in [2.24, 2.45) is 0 Å². The molecule has 2 N–H and O–H groups in total. The van der Waals surface area contributed by atoms with Gasteiger partial charge in [0.05, 0.1) is 12.8 Å². The molecule has 78 valence electrons. The van der Waals surface area contributed by atoms with Gasteiger partial charge in [-0.25, -0.2) is 0 Å². The first-order valence-corrected chi connectivity index (χ1v) is 6.15. The van der Waals surface area contributed by atoms with Crippen LogP contribution < -0.4 is 10.6 Å². The van der Waals surface area contributed by atoms with Crippen molar-refractivity contribution in [1.29, 1.82) is 0 Å². The lowest BCUT2D eigenvalue weighted by atomic mass is 10.3. The van der Waals surface area contributed by atoms with Crippen LogP contribution in [0.25, 0.3) is 0 Å². The highest BCUT2D eigenvalue weighted by atomic mass is 32.2. The number of rotatable bonds is 4. The van der Waals surface area contributed by atoms with E-state index in [0.717, 1.165) is 25.4 Å². The number of thioether (sulfide) groups is 1. The number of furan rings is 1. The average molecular weight is 212 g/mol. The molecule has 0 spiro atoms. The first-order chi connectivity index (χ1) is 6.95. The van der Waals surface area contributed by atoms with E-state index in [2.05, 4.69) is 10.6 Å². The Kier molecular flexibility index (Phi) is 3.91. The normalized spacial score (nSPS) is 22.4. The van der Waals surface area contributed by atoms with E-state index >= 15 is 0 Å². The van der Waals surface area contributed by atoms with Crippen molar-refractivity contribution < 1.29 is 4.42 Å². The van der Waals surface area contributed by atoms with E-state index in [9.17, 15) is 0 Å². The van der Waals surface area contributed by atoms with Gasteiger partial charge in [-0.05, 0) is 12.1 Å². The van der Waals surface area contributed by atoms with Crippen molar-refractivity contribution in [2.75, 3.05) is 24.6 Å². The van der Waals surface area contributed by atoms with Gasteiger partial charge in [0.25, 0.3) is 0 Å². The van der Waals surface area contributed by atoms with Crippen LogP contribution in [-0.2, 0) is 6.54 Å². The summed E-state index contributed by atoms with van der Waals surface area (Å²) in [5.41, 5.74) is 0. The molecule has 14 heavy (non-hydrogen) atoms. The second-order valence-electron chi connectivity index (χ2n) is 3.44. The molecule has 1 unspecified atom stereocenters. The molecule has 0 bridgehead atoms. The van der Waals surface area contributed by atoms with Gasteiger partial charge >= 0.3 is 0 Å². The summed E-state index contributed by atoms with van der Waals surface area (Å²) in [6.07, 6.45) is 1.71. The van der Waals surface area contributed by atoms with Crippen LogP contribution in [0, 0.1) is 0 Å². The van der Waals surface area contributed by atoms with Crippen LogP contribution in [0.15, 0.2) is 22.8 Å². The van der Waals surface area contributed by atoms with Crippen LogP contribution in [-0.4, -0.2) is 30.6 Å². The summed E-state index contributed by atoms with van der Waals surface area (Å²) >= 11 is 2.02. The van der Waals surface area contributed by atoms with Gasteiger partial charge in [0.15, 0.2) is 0 Å². The van der Waals surface area contributed by atoms with Crippen LogP contribution in [0.2, 0.25) is 0 Å². The summed E-state index contributed by atoms with van der Waals surface area (Å²) < 4.78 is 5.23. The van der Waals surface area contributed by atoms with Crippen LogP contribution in [0.1, 0.15) is 5.76 Å². The highest BCUT2D eigenvalue weighted by Gasteiger charge is 2.11. The zero-order valence-electron chi connectivity index (χ0n) is 8.16. The summed E-state index contributed by atoms with van der Waals surface area (Å²) in [5, 5.41) is 6.87. The maximum atomic E-state index is 5.23. The van der Waals surface area contributed by atoms with Gasteiger partial charge in [0, 0.05) is 30.6 Å². The monoisotopic (exact) mass is 212 g/mol. The maximum Gasteiger partial charge on any atom is 0.117 e. The molecule has 0 aromatic carbocycles. The van der Waals surface area contributed by atoms with Crippen molar-refractivity contribution in [3.8, 4) is 0 Å². The van der Waals surface area contributed by atoms with Crippen molar-refractivity contribution in [3.63, 3.8) is 0 Å². The predicted molar refractivity (Wildman–Crippen MR) is 59.5 cm³/mol. The number of hydrogen-bond acceptors (Lipinski definition) is 4. The van der Waals surface area contributed by atoms with Crippen LogP contribution in [0.4, 0.5) is 0 Å². The molecule has 0 amide bonds. The topological polar surface area (TPSA) is 37.2 Å². The minimum atomic E-state index is 0.615. The Morgan fingerprint density at radius 2 is 2.64 bits per heavy atom. The van der Waals surface area contributed by atoms with E-state index in [0.29, 0.717) is 6.04 Å². The summed E-state index contributed by atoms with van der Waals surface area (Å²) in [4.78, 5) is 0. The third-order valence-electron chi connectivity index (χ3n) is 2.27. The van der Waals surface area contributed by atoms with Gasteiger partial charge in [0.1, 0.15) is 5.76 Å². The molecule has 1 aliphatic rings. The molecule has 1 aromatic heterocycles. The van der Waals surface area contributed by atoms with E-state index in [1.807, 2.05) is 23.9 Å². The van der Waals surface area contributed by atoms with Crippen molar-refractivity contribution in [2.45, 2.75) is 12.6 Å². The Bertz CT molecular complexity index is 245. The van der Waals surface area contributed by atoms with Crippen molar-refractivity contribution in [3.05, 3.63) is 24.2 Å². The van der Waals surface area contributed by atoms with E-state index in [1.54, 1.807) is 6.26 Å². The van der Waals surface area contributed by atoms with Crippen LogP contribution in [0.3, 0.4) is 0 Å². The SMILES string of the molecule is c1coc(CNCC2CSCCN2)c1. The maximum absolute atomic E-state index is 5.23. The molecule has 0 aliphatic carbocycles. The Morgan fingerprint density at radius 3 is 3.36 bits per heavy atom. The number of hydrogen-bond donors (Lipinski definition) is 2. The molecule has 1 fully saturated rings. The van der Waals surface area contributed by atoms with Gasteiger partial charge in [-0.1, -0.05) is 0 Å². The molecule has 2 heterocycles. The van der Waals surface area contributed by atoms with Gasteiger partial charge in [-0.3, -0.25) is 0 Å². The first kappa shape index (κ1) is 10.1. The first-order valence-electron chi connectivity index (χ1n) is 4.99. The zero-order valence-corrected chi connectivity index (χ0v) is 8.98. The molecule has 2 rings (SSSR count). The third kappa shape index (κ3) is 3.04. The summed E-state index contributed by atoms with van der Waals surface area (Å²) in [5.74, 6) is 3.47. The fourth-order valence-corrected chi connectivity index (χ4v) is 2.48. The highest BCUT2D eigenvalue weighted by Crippen LogP contribution is 2.07. The van der Waals surface area contributed by atoms with E-state index in [1.165, 1.54) is 11.5 Å². The van der Waals surface area contributed by atoms with Crippen molar-refractivity contribution in [1.82, 2.24) is 10.6 Å². The lowest BCUT2D eigenvalue weighted by Gasteiger charge is -2.23. The van der Waals surface area contributed by atoms with Gasteiger partial charge in [-0.2, -0.15) is 11.8 Å². The molecular formula is C10H16N2OS. The molecule has 3 nitrogen and oxygen atoms in total. The molecular weight excluding hydrogens is 196 g/mol. The zero-order chi connectivity index (χ0) is 9.64. The molecule has 4 heteroatoms. The molecule has 1 saturated heterocycles. The largest absolute Gasteiger partial charge is 0.468 e. The Balaban J connectivity index is 1.62. The second kappa shape index (κ2) is 5.44. The second-order valence-corrected chi connectivity index (χ2v) is 4.59. The number of nitrogens with one attached hydrogen (secondary N) is 2. The molecule has 1 aliphatic heterocycles. The van der Waals surface area contributed by atoms with Gasteiger partial charge in [0.2, 0.25) is 0 Å². The summed E-state index contributed by atoms with van der Waals surface area (Å²) in [6.45, 7) is 2.99. The lowest BCUT2D eigenvalue weighted by Crippen LogP contribution is -2.44. The Labute approximate surface area is 88.6 Å². The Hall–Kier alpha value is -0.450. The fourth-order valence-electron chi connectivity index (χ4n) is 1.53. The van der Waals surface area contributed by atoms with E-state index < -0.39 is 0 Å². The fraction of sp³-hybridized carbons (Fsp3) is 0.600. The minimum Gasteiger partial charge on any atom is -0.468 e. The third-order valence-corrected chi connectivity index (χ3v) is 3.40. The predicted octanol–water partition coefficient (Wildman–Crippen LogP) is 1.07. The Morgan fingerprint density at radius 1 is 1.64 bits per heavy atom.